The number of rotatable bonds is 18. The van der Waals surface area contributed by atoms with E-state index < -0.39 is 0 Å². The van der Waals surface area contributed by atoms with Gasteiger partial charge in [-0.2, -0.15) is 0 Å². The first kappa shape index (κ1) is 47.6. The van der Waals surface area contributed by atoms with Crippen molar-refractivity contribution in [1.29, 1.82) is 0 Å². The molecule has 0 unspecified atom stereocenters. The van der Waals surface area contributed by atoms with Crippen molar-refractivity contribution in [2.45, 2.75) is 157 Å². The minimum Gasteiger partial charge on any atom is -0.103 e. The lowest BCUT2D eigenvalue weighted by atomic mass is 10.2. The minimum absolute atomic E-state index is 1.08. The molecule has 216 valence electrons. The van der Waals surface area contributed by atoms with E-state index in [0.29, 0.717) is 0 Å². The molecule has 0 N–H and O–H groups in total. The van der Waals surface area contributed by atoms with E-state index in [1.807, 2.05) is 36.5 Å². The van der Waals surface area contributed by atoms with Crippen LogP contribution in [0.2, 0.25) is 0 Å². The molecule has 36 heavy (non-hydrogen) atoms. The molecule has 0 saturated carbocycles. The molecule has 0 spiro atoms. The van der Waals surface area contributed by atoms with Gasteiger partial charge < -0.3 is 0 Å². The Kier molecular flexibility index (Phi) is 92.4. The van der Waals surface area contributed by atoms with Crippen LogP contribution in [0.15, 0.2) is 75.9 Å². The third-order valence-corrected chi connectivity index (χ3v) is 4.65. The summed E-state index contributed by atoms with van der Waals surface area (Å²) >= 11 is 0. The van der Waals surface area contributed by atoms with Gasteiger partial charge in [-0.3, -0.25) is 0 Å². The van der Waals surface area contributed by atoms with Crippen molar-refractivity contribution in [3.05, 3.63) is 75.9 Å². The number of unbranched alkanes of at least 4 members (excludes halogenated alkanes) is 12. The van der Waals surface area contributed by atoms with Gasteiger partial charge in [0, 0.05) is 0 Å². The van der Waals surface area contributed by atoms with Crippen molar-refractivity contribution in [1.82, 2.24) is 0 Å². The standard InChI is InChI=1S/3C8H16.3C4H8/c3*1-3-5-7-8-6-4-2;3*1-3-4-2/h3*3H,1,4-8H2,2H3;3*3H,1,4H2,2H3. The first-order valence-electron chi connectivity index (χ1n) is 15.1. The molecule has 0 radical (unpaired) electrons. The third-order valence-electron chi connectivity index (χ3n) is 4.65. The molecular formula is C36H72. The highest BCUT2D eigenvalue weighted by Gasteiger charge is 1.83. The summed E-state index contributed by atoms with van der Waals surface area (Å²) in [7, 11) is 0. The Morgan fingerprint density at radius 2 is 0.500 bits per heavy atom. The Labute approximate surface area is 232 Å². The molecule has 0 aromatic rings. The molecule has 0 aromatic carbocycles. The lowest BCUT2D eigenvalue weighted by Crippen LogP contribution is -1.71. The van der Waals surface area contributed by atoms with Gasteiger partial charge in [-0.25, -0.2) is 0 Å². The molecule has 0 aliphatic carbocycles. The molecular weight excluding hydrogens is 432 g/mol. The lowest BCUT2D eigenvalue weighted by Gasteiger charge is -1.91. The van der Waals surface area contributed by atoms with Gasteiger partial charge in [0.25, 0.3) is 0 Å². The fourth-order valence-electron chi connectivity index (χ4n) is 2.15. The van der Waals surface area contributed by atoms with Gasteiger partial charge in [-0.1, -0.05) is 136 Å². The van der Waals surface area contributed by atoms with Crippen LogP contribution in [0.5, 0.6) is 0 Å². The molecule has 0 heterocycles. The molecule has 0 aliphatic heterocycles. The summed E-state index contributed by atoms with van der Waals surface area (Å²) < 4.78 is 0. The van der Waals surface area contributed by atoms with Gasteiger partial charge in [0.15, 0.2) is 0 Å². The highest BCUT2D eigenvalue weighted by Crippen LogP contribution is 2.02. The molecule has 0 aromatic heterocycles. The van der Waals surface area contributed by atoms with Crippen LogP contribution in [0.25, 0.3) is 0 Å². The van der Waals surface area contributed by atoms with E-state index in [1.54, 1.807) is 0 Å². The van der Waals surface area contributed by atoms with Crippen LogP contribution in [0, 0.1) is 0 Å². The minimum atomic E-state index is 1.08. The van der Waals surface area contributed by atoms with Gasteiger partial charge in [0.2, 0.25) is 0 Å². The van der Waals surface area contributed by atoms with E-state index >= 15 is 0 Å². The molecule has 0 atom stereocenters. The van der Waals surface area contributed by atoms with Crippen molar-refractivity contribution in [2.75, 3.05) is 0 Å². The third kappa shape index (κ3) is 119. The normalized spacial score (nSPS) is 8.17. The summed E-state index contributed by atoms with van der Waals surface area (Å²) in [6.45, 7) is 34.3. The predicted molar refractivity (Wildman–Crippen MR) is 178 cm³/mol. The summed E-state index contributed by atoms with van der Waals surface area (Å²) in [5.74, 6) is 0. The smallest absolute Gasteiger partial charge is 0.0353 e. The summed E-state index contributed by atoms with van der Waals surface area (Å²) in [4.78, 5) is 0. The second-order valence-corrected chi connectivity index (χ2v) is 8.50. The van der Waals surface area contributed by atoms with Crippen LogP contribution in [-0.2, 0) is 0 Å². The quantitative estimate of drug-likeness (QED) is 0.128. The Hall–Kier alpha value is -1.56. The highest BCUT2D eigenvalue weighted by atomic mass is 13.9. The lowest BCUT2D eigenvalue weighted by molar-refractivity contribution is 0.675. The molecule has 0 saturated heterocycles. The van der Waals surface area contributed by atoms with Crippen molar-refractivity contribution in [3.8, 4) is 0 Å². The van der Waals surface area contributed by atoms with E-state index in [1.165, 1.54) is 96.3 Å². The SMILES string of the molecule is C=CCC.C=CCC.C=CCC.C=CCCCCCC.C=CCCCCCC.C=CCCCCCC. The molecule has 0 nitrogen and oxygen atoms in total. The maximum Gasteiger partial charge on any atom is -0.0353 e. The van der Waals surface area contributed by atoms with Crippen LogP contribution >= 0.6 is 0 Å². The zero-order valence-electron chi connectivity index (χ0n) is 26.4. The molecule has 0 amide bonds. The van der Waals surface area contributed by atoms with Crippen molar-refractivity contribution in [2.24, 2.45) is 0 Å². The predicted octanol–water partition coefficient (Wildman–Crippen LogP) is 14.2. The van der Waals surface area contributed by atoms with Crippen LogP contribution in [0.3, 0.4) is 0 Å². The average Bonchev–Trinajstić information content (AvgIpc) is 2.93. The number of hydrogen-bond acceptors (Lipinski definition) is 0. The van der Waals surface area contributed by atoms with E-state index in [-0.39, 0.29) is 0 Å². The van der Waals surface area contributed by atoms with Crippen molar-refractivity contribution < 1.29 is 0 Å². The van der Waals surface area contributed by atoms with E-state index in [4.69, 9.17) is 0 Å². The second-order valence-electron chi connectivity index (χ2n) is 8.50. The van der Waals surface area contributed by atoms with Gasteiger partial charge in [-0.15, -0.1) is 39.5 Å². The molecule has 0 heteroatoms. The fraction of sp³-hybridized carbons (Fsp3) is 0.667. The molecule has 0 rings (SSSR count). The van der Waals surface area contributed by atoms with E-state index in [0.717, 1.165) is 19.3 Å². The largest absolute Gasteiger partial charge is 0.103 e. The summed E-state index contributed by atoms with van der Waals surface area (Å²) in [6, 6.07) is 0. The molecule has 0 bridgehead atoms. The first-order chi connectivity index (χ1) is 17.5. The maximum absolute atomic E-state index is 3.66. The molecule has 0 aliphatic rings. The Morgan fingerprint density at radius 3 is 0.611 bits per heavy atom. The van der Waals surface area contributed by atoms with Gasteiger partial charge in [0.1, 0.15) is 0 Å². The first-order valence-corrected chi connectivity index (χ1v) is 15.1. The summed E-state index contributed by atoms with van der Waals surface area (Å²) in [5.41, 5.74) is 0. The Morgan fingerprint density at radius 1 is 0.306 bits per heavy atom. The summed E-state index contributed by atoms with van der Waals surface area (Å²) in [6.07, 6.45) is 34.7. The Bertz CT molecular complexity index is 303. The fourth-order valence-corrected chi connectivity index (χ4v) is 2.15. The average molecular weight is 505 g/mol. The number of allylic oxidation sites excluding steroid dienone is 6. The summed E-state index contributed by atoms with van der Waals surface area (Å²) in [5, 5.41) is 0. The van der Waals surface area contributed by atoms with Crippen LogP contribution in [0.4, 0.5) is 0 Å². The monoisotopic (exact) mass is 505 g/mol. The van der Waals surface area contributed by atoms with Crippen LogP contribution in [-0.4, -0.2) is 0 Å². The van der Waals surface area contributed by atoms with E-state index in [2.05, 4.69) is 81.0 Å². The zero-order chi connectivity index (χ0) is 29.0. The maximum atomic E-state index is 3.66. The molecule has 0 fully saturated rings. The van der Waals surface area contributed by atoms with Crippen molar-refractivity contribution in [3.63, 3.8) is 0 Å². The van der Waals surface area contributed by atoms with Gasteiger partial charge >= 0.3 is 0 Å². The van der Waals surface area contributed by atoms with Gasteiger partial charge in [-0.05, 0) is 57.8 Å². The highest BCUT2D eigenvalue weighted by molar-refractivity contribution is 4.66. The van der Waals surface area contributed by atoms with E-state index in [9.17, 15) is 0 Å². The topological polar surface area (TPSA) is 0 Å². The van der Waals surface area contributed by atoms with Crippen LogP contribution < -0.4 is 0 Å². The zero-order valence-corrected chi connectivity index (χ0v) is 26.4. The Balaban J connectivity index is -0.0000000773. The van der Waals surface area contributed by atoms with Gasteiger partial charge in [0.05, 0.1) is 0 Å². The number of hydrogen-bond donors (Lipinski definition) is 0. The van der Waals surface area contributed by atoms with Crippen molar-refractivity contribution >= 4 is 0 Å². The van der Waals surface area contributed by atoms with Crippen LogP contribution in [0.1, 0.15) is 157 Å². The second kappa shape index (κ2) is 69.9.